The smallest absolute Gasteiger partial charge is 0.387 e. The van der Waals surface area contributed by atoms with Crippen LogP contribution in [0.15, 0.2) is 23.1 Å². The number of benzene rings is 1. The van der Waals surface area contributed by atoms with Crippen LogP contribution >= 0.6 is 0 Å². The van der Waals surface area contributed by atoms with Crippen molar-refractivity contribution in [3.8, 4) is 5.75 Å². The second kappa shape index (κ2) is 7.50. The summed E-state index contributed by atoms with van der Waals surface area (Å²) in [4.78, 5) is -0.264. The normalized spacial score (nSPS) is 20.0. The zero-order chi connectivity index (χ0) is 17.0. The van der Waals surface area contributed by atoms with Gasteiger partial charge in [-0.1, -0.05) is 13.3 Å². The van der Waals surface area contributed by atoms with Crippen LogP contribution in [-0.4, -0.2) is 45.0 Å². The molecule has 1 saturated heterocycles. The number of nitrogens with one attached hydrogen (secondary N) is 1. The number of hydrogen-bond acceptors (Lipinski definition) is 4. The third-order valence-corrected chi connectivity index (χ3v) is 5.59. The van der Waals surface area contributed by atoms with Gasteiger partial charge in [0.25, 0.3) is 0 Å². The van der Waals surface area contributed by atoms with E-state index in [2.05, 4.69) is 10.1 Å². The van der Waals surface area contributed by atoms with E-state index in [1.807, 2.05) is 6.92 Å². The minimum atomic E-state index is -3.89. The van der Waals surface area contributed by atoms with Crippen LogP contribution in [0.5, 0.6) is 5.75 Å². The molecule has 1 atom stereocenters. The molecule has 23 heavy (non-hydrogen) atoms. The molecule has 1 fully saturated rings. The lowest BCUT2D eigenvalue weighted by atomic mass is 10.1. The van der Waals surface area contributed by atoms with E-state index in [0.29, 0.717) is 19.5 Å². The van der Waals surface area contributed by atoms with Crippen LogP contribution < -0.4 is 10.1 Å². The maximum atomic E-state index is 13.8. The quantitative estimate of drug-likeness (QED) is 0.853. The number of hydrogen-bond donors (Lipinski definition) is 1. The summed E-state index contributed by atoms with van der Waals surface area (Å²) in [6.45, 7) is 0.102. The van der Waals surface area contributed by atoms with Crippen molar-refractivity contribution in [2.45, 2.75) is 37.3 Å². The van der Waals surface area contributed by atoms with Gasteiger partial charge in [0.1, 0.15) is 0 Å². The highest BCUT2D eigenvalue weighted by Gasteiger charge is 2.33. The third kappa shape index (κ3) is 4.15. The van der Waals surface area contributed by atoms with Crippen LogP contribution in [0.25, 0.3) is 0 Å². The average molecular weight is 352 g/mol. The van der Waals surface area contributed by atoms with Gasteiger partial charge in [0.05, 0.1) is 4.90 Å². The summed E-state index contributed by atoms with van der Waals surface area (Å²) in [5.41, 5.74) is 0. The highest BCUT2D eigenvalue weighted by Crippen LogP contribution is 2.26. The molecule has 0 unspecified atom stereocenters. The van der Waals surface area contributed by atoms with Crippen molar-refractivity contribution in [2.24, 2.45) is 0 Å². The summed E-state index contributed by atoms with van der Waals surface area (Å²) < 4.78 is 68.8. The molecule has 0 amide bonds. The first-order valence-electron chi connectivity index (χ1n) is 7.33. The number of halogens is 3. The monoisotopic (exact) mass is 352 g/mol. The summed E-state index contributed by atoms with van der Waals surface area (Å²) in [5.74, 6) is -1.81. The predicted molar refractivity (Wildman–Crippen MR) is 78.5 cm³/mol. The van der Waals surface area contributed by atoms with Gasteiger partial charge in [-0.05, 0) is 24.6 Å². The van der Waals surface area contributed by atoms with Crippen molar-refractivity contribution in [3.05, 3.63) is 24.0 Å². The summed E-state index contributed by atoms with van der Waals surface area (Å²) in [7, 11) is -3.89. The minimum Gasteiger partial charge on any atom is -0.432 e. The maximum Gasteiger partial charge on any atom is 0.387 e. The molecule has 1 aromatic carbocycles. The molecule has 0 aliphatic carbocycles. The Morgan fingerprint density at radius 1 is 1.43 bits per heavy atom. The van der Waals surface area contributed by atoms with Crippen LogP contribution in [0.4, 0.5) is 13.2 Å². The van der Waals surface area contributed by atoms with Crippen molar-refractivity contribution < 1.29 is 26.3 Å². The average Bonchev–Trinajstić information content (AvgIpc) is 2.49. The van der Waals surface area contributed by atoms with E-state index in [-0.39, 0.29) is 17.5 Å². The summed E-state index contributed by atoms with van der Waals surface area (Å²) in [5, 5.41) is 3.13. The molecule has 1 aromatic rings. The SMILES string of the molecule is CCC[C@H]1CNCCN1S(=O)(=O)c1ccc(OC(F)F)c(F)c1. The third-order valence-electron chi connectivity index (χ3n) is 3.64. The van der Waals surface area contributed by atoms with Gasteiger partial charge in [-0.25, -0.2) is 12.8 Å². The second-order valence-electron chi connectivity index (χ2n) is 5.23. The molecule has 1 aliphatic rings. The van der Waals surface area contributed by atoms with E-state index in [9.17, 15) is 21.6 Å². The molecule has 0 saturated carbocycles. The van der Waals surface area contributed by atoms with Gasteiger partial charge in [-0.15, -0.1) is 0 Å². The van der Waals surface area contributed by atoms with E-state index in [1.54, 1.807) is 0 Å². The maximum absolute atomic E-state index is 13.8. The van der Waals surface area contributed by atoms with E-state index >= 15 is 0 Å². The number of rotatable bonds is 6. The van der Waals surface area contributed by atoms with Gasteiger partial charge in [-0.2, -0.15) is 13.1 Å². The van der Waals surface area contributed by atoms with Crippen molar-refractivity contribution in [3.63, 3.8) is 0 Å². The molecule has 130 valence electrons. The number of piperazine rings is 1. The Hall–Kier alpha value is -1.32. The predicted octanol–water partition coefficient (Wildman–Crippen LogP) is 2.19. The zero-order valence-electron chi connectivity index (χ0n) is 12.6. The van der Waals surface area contributed by atoms with Gasteiger partial charge in [0.15, 0.2) is 11.6 Å². The lowest BCUT2D eigenvalue weighted by Crippen LogP contribution is -2.53. The number of nitrogens with zero attached hydrogens (tertiary/aromatic N) is 1. The molecule has 0 bridgehead atoms. The molecule has 2 rings (SSSR count). The van der Waals surface area contributed by atoms with E-state index in [1.165, 1.54) is 4.31 Å². The molecule has 5 nitrogen and oxygen atoms in total. The molecule has 0 radical (unpaired) electrons. The van der Waals surface area contributed by atoms with Crippen LogP contribution in [0, 0.1) is 5.82 Å². The highest BCUT2D eigenvalue weighted by atomic mass is 32.2. The summed E-state index contributed by atoms with van der Waals surface area (Å²) in [6, 6.07) is 2.50. The molecule has 1 heterocycles. The first-order valence-corrected chi connectivity index (χ1v) is 8.77. The number of sulfonamides is 1. The first-order chi connectivity index (χ1) is 10.9. The van der Waals surface area contributed by atoms with Gasteiger partial charge < -0.3 is 10.1 Å². The molecule has 1 aliphatic heterocycles. The van der Waals surface area contributed by atoms with Crippen molar-refractivity contribution >= 4 is 10.0 Å². The van der Waals surface area contributed by atoms with Gasteiger partial charge in [0.2, 0.25) is 10.0 Å². The number of alkyl halides is 2. The van der Waals surface area contributed by atoms with Gasteiger partial charge in [-0.3, -0.25) is 0 Å². The van der Waals surface area contributed by atoms with Gasteiger partial charge >= 0.3 is 6.61 Å². The topological polar surface area (TPSA) is 58.6 Å². The fourth-order valence-electron chi connectivity index (χ4n) is 2.61. The number of ether oxygens (including phenoxy) is 1. The molecule has 0 spiro atoms. The lowest BCUT2D eigenvalue weighted by Gasteiger charge is -2.35. The largest absolute Gasteiger partial charge is 0.432 e. The van der Waals surface area contributed by atoms with E-state index < -0.39 is 28.2 Å². The molecular formula is C14H19F3N2O3S. The summed E-state index contributed by atoms with van der Waals surface area (Å²) >= 11 is 0. The van der Waals surface area contributed by atoms with Crippen molar-refractivity contribution in [1.82, 2.24) is 9.62 Å². The Bertz CT molecular complexity index is 638. The second-order valence-corrected chi connectivity index (χ2v) is 7.12. The molecule has 1 N–H and O–H groups in total. The highest BCUT2D eigenvalue weighted by molar-refractivity contribution is 7.89. The fraction of sp³-hybridized carbons (Fsp3) is 0.571. The Labute approximate surface area is 133 Å². The van der Waals surface area contributed by atoms with Crippen molar-refractivity contribution in [1.29, 1.82) is 0 Å². The Kier molecular flexibility index (Phi) is 5.88. The Morgan fingerprint density at radius 3 is 2.78 bits per heavy atom. The van der Waals surface area contributed by atoms with Crippen LogP contribution in [-0.2, 0) is 10.0 Å². The van der Waals surface area contributed by atoms with Crippen LogP contribution in [0.1, 0.15) is 19.8 Å². The lowest BCUT2D eigenvalue weighted by molar-refractivity contribution is -0.0522. The Morgan fingerprint density at radius 2 is 2.17 bits per heavy atom. The minimum absolute atomic E-state index is 0.209. The summed E-state index contributed by atoms with van der Waals surface area (Å²) in [6.07, 6.45) is 1.50. The molecule has 0 aromatic heterocycles. The first kappa shape index (κ1) is 18.0. The van der Waals surface area contributed by atoms with Gasteiger partial charge in [0, 0.05) is 25.7 Å². The zero-order valence-corrected chi connectivity index (χ0v) is 13.5. The fourth-order valence-corrected chi connectivity index (χ4v) is 4.27. The van der Waals surface area contributed by atoms with Crippen LogP contribution in [0.2, 0.25) is 0 Å². The Balaban J connectivity index is 2.29. The van der Waals surface area contributed by atoms with Crippen molar-refractivity contribution in [2.75, 3.05) is 19.6 Å². The van der Waals surface area contributed by atoms with Crippen LogP contribution in [0.3, 0.4) is 0 Å². The standard InChI is InChI=1S/C14H19F3N2O3S/c1-2-3-10-9-18-6-7-19(10)23(20,21)11-4-5-13(12(15)8-11)22-14(16)17/h4-5,8,10,14,18H,2-3,6-7,9H2,1H3/t10-/m0/s1. The molecular weight excluding hydrogens is 333 g/mol. The van der Waals surface area contributed by atoms with E-state index in [4.69, 9.17) is 0 Å². The molecule has 9 heteroatoms. The van der Waals surface area contributed by atoms with E-state index in [0.717, 1.165) is 24.6 Å².